The molecule has 0 bridgehead atoms. The third kappa shape index (κ3) is 8.40. The summed E-state index contributed by atoms with van der Waals surface area (Å²) in [5, 5.41) is 2.39. The molecule has 3 rings (SSSR count). The van der Waals surface area contributed by atoms with Gasteiger partial charge in [0.15, 0.2) is 9.84 Å². The molecule has 0 unspecified atom stereocenters. The third-order valence-corrected chi connectivity index (χ3v) is 8.32. The summed E-state index contributed by atoms with van der Waals surface area (Å²) < 4.78 is 61.5. The van der Waals surface area contributed by atoms with Crippen LogP contribution in [0.5, 0.6) is 0 Å². The van der Waals surface area contributed by atoms with Gasteiger partial charge in [0.1, 0.15) is 6.61 Å². The Morgan fingerprint density at radius 3 is 1.84 bits per heavy atom. The number of hydrogen-bond acceptors (Lipinski definition) is 8. The molecule has 38 heavy (non-hydrogen) atoms. The van der Waals surface area contributed by atoms with Crippen LogP contribution in [0.4, 0.5) is 10.5 Å². The number of carbonyl (C=O) groups is 2. The Hall–Kier alpha value is -3.74. The highest BCUT2D eigenvalue weighted by Crippen LogP contribution is 2.14. The normalized spacial score (nSPS) is 11.5. The minimum atomic E-state index is -4.04. The number of urea groups is 1. The summed E-state index contributed by atoms with van der Waals surface area (Å²) in [5.41, 5.74) is 2.30. The molecule has 0 atom stereocenters. The van der Waals surface area contributed by atoms with E-state index >= 15 is 0 Å². The van der Waals surface area contributed by atoms with Gasteiger partial charge < -0.3 is 14.8 Å². The van der Waals surface area contributed by atoms with E-state index in [9.17, 15) is 26.4 Å². The average Bonchev–Trinajstić information content (AvgIpc) is 2.86. The average molecular weight is 561 g/mol. The Morgan fingerprint density at radius 1 is 0.711 bits per heavy atom. The molecule has 0 aromatic heterocycles. The third-order valence-electron chi connectivity index (χ3n) is 5.27. The predicted molar refractivity (Wildman–Crippen MR) is 141 cm³/mol. The molecule has 2 N–H and O–H groups in total. The molecule has 10 nitrogen and oxygen atoms in total. The molecule has 202 valence electrons. The predicted octanol–water partition coefficient (Wildman–Crippen LogP) is 3.46. The largest absolute Gasteiger partial charge is 0.460 e. The van der Waals surface area contributed by atoms with Crippen LogP contribution >= 0.6 is 0 Å². The number of sulfonamides is 1. The molecule has 2 amide bonds. The number of esters is 1. The first-order chi connectivity index (χ1) is 18.0. The highest BCUT2D eigenvalue weighted by Gasteiger charge is 2.18. The summed E-state index contributed by atoms with van der Waals surface area (Å²) in [7, 11) is -7.50. The van der Waals surface area contributed by atoms with Crippen LogP contribution in [0.2, 0.25) is 0 Å². The number of ether oxygens (including phenoxy) is 2. The van der Waals surface area contributed by atoms with E-state index in [1.807, 2.05) is 18.6 Å². The van der Waals surface area contributed by atoms with Crippen LogP contribution in [0, 0.1) is 13.8 Å². The van der Waals surface area contributed by atoms with Gasteiger partial charge in [-0.3, -0.25) is 0 Å². The van der Waals surface area contributed by atoms with Gasteiger partial charge in [-0.2, -0.15) is 0 Å². The summed E-state index contributed by atoms with van der Waals surface area (Å²) in [6.07, 6.45) is 0. The number of anilines is 1. The fourth-order valence-electron chi connectivity index (χ4n) is 3.16. The van der Waals surface area contributed by atoms with E-state index < -0.39 is 31.9 Å². The van der Waals surface area contributed by atoms with Crippen LogP contribution < -0.4 is 10.0 Å². The fourth-order valence-corrected chi connectivity index (χ4v) is 5.19. The molecule has 0 fully saturated rings. The maximum absolute atomic E-state index is 12.3. The molecule has 12 heteroatoms. The molecular weight excluding hydrogens is 532 g/mol. The van der Waals surface area contributed by atoms with Crippen molar-refractivity contribution in [1.82, 2.24) is 4.72 Å². The van der Waals surface area contributed by atoms with Crippen molar-refractivity contribution in [2.24, 2.45) is 0 Å². The van der Waals surface area contributed by atoms with Gasteiger partial charge in [-0.1, -0.05) is 35.4 Å². The van der Waals surface area contributed by atoms with Crippen molar-refractivity contribution < 1.29 is 35.9 Å². The fraction of sp³-hybridized carbons (Fsp3) is 0.231. The van der Waals surface area contributed by atoms with E-state index in [2.05, 4.69) is 5.32 Å². The SMILES string of the molecule is Cc1ccc(S(=O)(=O)CCOCCOC(=O)c2ccc(NC(=O)NS(=O)(=O)c3ccc(C)cc3)cc2)cc1. The molecule has 0 saturated heterocycles. The van der Waals surface area contributed by atoms with Gasteiger partial charge in [0.2, 0.25) is 0 Å². The van der Waals surface area contributed by atoms with Crippen molar-refractivity contribution in [2.45, 2.75) is 23.6 Å². The Labute approximate surface area is 222 Å². The lowest BCUT2D eigenvalue weighted by Gasteiger charge is -2.10. The second-order valence-corrected chi connectivity index (χ2v) is 12.1. The second-order valence-electron chi connectivity index (χ2n) is 8.33. The highest BCUT2D eigenvalue weighted by atomic mass is 32.2. The monoisotopic (exact) mass is 560 g/mol. The number of rotatable bonds is 11. The van der Waals surface area contributed by atoms with Gasteiger partial charge in [0, 0.05) is 5.69 Å². The first-order valence-electron chi connectivity index (χ1n) is 11.5. The Kier molecular flexibility index (Phi) is 9.61. The quantitative estimate of drug-likeness (QED) is 0.268. The number of nitrogens with one attached hydrogen (secondary N) is 2. The van der Waals surface area contributed by atoms with E-state index in [4.69, 9.17) is 9.47 Å². The van der Waals surface area contributed by atoms with Crippen LogP contribution in [0.1, 0.15) is 21.5 Å². The van der Waals surface area contributed by atoms with E-state index in [0.29, 0.717) is 0 Å². The van der Waals surface area contributed by atoms with E-state index in [0.717, 1.165) is 11.1 Å². The van der Waals surface area contributed by atoms with Crippen molar-refractivity contribution in [3.8, 4) is 0 Å². The highest BCUT2D eigenvalue weighted by molar-refractivity contribution is 7.91. The van der Waals surface area contributed by atoms with Crippen molar-refractivity contribution in [1.29, 1.82) is 0 Å². The first kappa shape index (κ1) is 28.8. The number of benzene rings is 3. The standard InChI is InChI=1S/C26H28N2O8S2/c1-19-3-11-23(12-4-19)37(31,32)18-17-35-15-16-36-25(29)21-7-9-22(10-8-21)27-26(30)28-38(33,34)24-13-5-20(2)6-14-24/h3-14H,15-18H2,1-2H3,(H2,27,28,30). The minimum Gasteiger partial charge on any atom is -0.460 e. The molecule has 0 spiro atoms. The van der Waals surface area contributed by atoms with Crippen LogP contribution in [0.25, 0.3) is 0 Å². The topological polar surface area (TPSA) is 145 Å². The van der Waals surface area contributed by atoms with Crippen molar-refractivity contribution in [2.75, 3.05) is 30.9 Å². The Morgan fingerprint density at radius 2 is 1.26 bits per heavy atom. The van der Waals surface area contributed by atoms with E-state index in [-0.39, 0.29) is 46.6 Å². The molecular formula is C26H28N2O8S2. The molecule has 0 saturated carbocycles. The van der Waals surface area contributed by atoms with Crippen molar-refractivity contribution >= 4 is 37.5 Å². The summed E-state index contributed by atoms with van der Waals surface area (Å²) in [4.78, 5) is 24.5. The molecule has 3 aromatic rings. The lowest BCUT2D eigenvalue weighted by molar-refractivity contribution is 0.0337. The van der Waals surface area contributed by atoms with Crippen LogP contribution in [-0.4, -0.2) is 54.4 Å². The van der Waals surface area contributed by atoms with Gasteiger partial charge in [-0.25, -0.2) is 31.1 Å². The second kappa shape index (κ2) is 12.7. The molecule has 3 aromatic carbocycles. The minimum absolute atomic E-state index is 0.0183. The smallest absolute Gasteiger partial charge is 0.338 e. The summed E-state index contributed by atoms with van der Waals surface area (Å²) in [5.74, 6) is -0.836. The summed E-state index contributed by atoms with van der Waals surface area (Å²) >= 11 is 0. The number of aryl methyl sites for hydroxylation is 2. The maximum Gasteiger partial charge on any atom is 0.338 e. The molecule has 0 aliphatic carbocycles. The number of carbonyl (C=O) groups excluding carboxylic acids is 2. The first-order valence-corrected chi connectivity index (χ1v) is 14.6. The maximum atomic E-state index is 12.3. The van der Waals surface area contributed by atoms with Gasteiger partial charge in [-0.15, -0.1) is 0 Å². The van der Waals surface area contributed by atoms with E-state index in [1.54, 1.807) is 36.4 Å². The Balaban J connectivity index is 1.39. The van der Waals surface area contributed by atoms with Gasteiger partial charge in [-0.05, 0) is 62.4 Å². The molecule has 0 radical (unpaired) electrons. The number of amides is 2. The van der Waals surface area contributed by atoms with Crippen LogP contribution in [-0.2, 0) is 29.3 Å². The zero-order chi connectivity index (χ0) is 27.8. The van der Waals surface area contributed by atoms with Crippen LogP contribution in [0.15, 0.2) is 82.6 Å². The lowest BCUT2D eigenvalue weighted by Crippen LogP contribution is -2.34. The van der Waals surface area contributed by atoms with Gasteiger partial charge >= 0.3 is 12.0 Å². The zero-order valence-electron chi connectivity index (χ0n) is 20.8. The molecule has 0 aliphatic rings. The van der Waals surface area contributed by atoms with Gasteiger partial charge in [0.05, 0.1) is 34.3 Å². The number of sulfone groups is 1. The van der Waals surface area contributed by atoms with Crippen molar-refractivity contribution in [3.05, 3.63) is 89.5 Å². The molecule has 0 heterocycles. The van der Waals surface area contributed by atoms with E-state index in [1.165, 1.54) is 36.4 Å². The van der Waals surface area contributed by atoms with Crippen LogP contribution in [0.3, 0.4) is 0 Å². The Bertz CT molecular complexity index is 1470. The summed E-state index contributed by atoms with van der Waals surface area (Å²) in [6.45, 7) is 3.57. The summed E-state index contributed by atoms with van der Waals surface area (Å²) in [6, 6.07) is 17.3. The lowest BCUT2D eigenvalue weighted by atomic mass is 10.2. The zero-order valence-corrected chi connectivity index (χ0v) is 22.5. The van der Waals surface area contributed by atoms with Crippen molar-refractivity contribution in [3.63, 3.8) is 0 Å². The van der Waals surface area contributed by atoms with Gasteiger partial charge in [0.25, 0.3) is 10.0 Å². The number of hydrogen-bond donors (Lipinski definition) is 2. The molecule has 0 aliphatic heterocycles.